The van der Waals surface area contributed by atoms with Gasteiger partial charge in [-0.3, -0.25) is 4.79 Å². The molecule has 1 amide bonds. The van der Waals surface area contributed by atoms with E-state index in [-0.39, 0.29) is 17.2 Å². The van der Waals surface area contributed by atoms with Gasteiger partial charge in [-0.25, -0.2) is 0 Å². The van der Waals surface area contributed by atoms with Gasteiger partial charge in [-0.2, -0.15) is 0 Å². The number of alkyl halides is 1. The maximum atomic E-state index is 12.2. The van der Waals surface area contributed by atoms with E-state index in [1.165, 1.54) is 12.8 Å². The lowest BCUT2D eigenvalue weighted by atomic mass is 10.1. The molecular weight excluding hydrogens is 230 g/mol. The summed E-state index contributed by atoms with van der Waals surface area (Å²) in [6, 6.07) is 0.263. The summed E-state index contributed by atoms with van der Waals surface area (Å²) >= 11 is 7.53. The van der Waals surface area contributed by atoms with E-state index in [4.69, 9.17) is 11.6 Å². The standard InChI is InChI=1S/C11H20ClNOS/c1-9(2)13(7-6-12)11(14)10-5-3-4-8-15-10/h9-10H,3-8H2,1-2H3. The summed E-state index contributed by atoms with van der Waals surface area (Å²) in [6.07, 6.45) is 3.48. The third kappa shape index (κ3) is 3.87. The van der Waals surface area contributed by atoms with Gasteiger partial charge in [0.1, 0.15) is 0 Å². The van der Waals surface area contributed by atoms with Gasteiger partial charge >= 0.3 is 0 Å². The second kappa shape index (κ2) is 6.64. The summed E-state index contributed by atoms with van der Waals surface area (Å²) in [4.78, 5) is 14.1. The Morgan fingerprint density at radius 2 is 2.27 bits per heavy atom. The van der Waals surface area contributed by atoms with Gasteiger partial charge < -0.3 is 4.90 Å². The van der Waals surface area contributed by atoms with Gasteiger partial charge in [0.2, 0.25) is 5.91 Å². The van der Waals surface area contributed by atoms with Gasteiger partial charge in [-0.05, 0) is 32.4 Å². The number of thioether (sulfide) groups is 1. The van der Waals surface area contributed by atoms with E-state index in [9.17, 15) is 4.79 Å². The number of carbonyl (C=O) groups is 1. The van der Waals surface area contributed by atoms with Crippen LogP contribution in [0.3, 0.4) is 0 Å². The first kappa shape index (κ1) is 13.2. The van der Waals surface area contributed by atoms with Gasteiger partial charge in [0.05, 0.1) is 5.25 Å². The van der Waals surface area contributed by atoms with Crippen molar-refractivity contribution < 1.29 is 4.79 Å². The highest BCUT2D eigenvalue weighted by Gasteiger charge is 2.27. The lowest BCUT2D eigenvalue weighted by molar-refractivity contribution is -0.132. The predicted octanol–water partition coefficient (Wildman–Crippen LogP) is 2.75. The molecule has 0 aliphatic carbocycles. The average Bonchev–Trinajstić information content (AvgIpc) is 2.26. The van der Waals surface area contributed by atoms with Crippen LogP contribution in [0.5, 0.6) is 0 Å². The smallest absolute Gasteiger partial charge is 0.235 e. The summed E-state index contributed by atoms with van der Waals surface area (Å²) in [5, 5.41) is 0.185. The van der Waals surface area contributed by atoms with Crippen LogP contribution in [0.2, 0.25) is 0 Å². The van der Waals surface area contributed by atoms with Crippen molar-refractivity contribution in [2.45, 2.75) is 44.4 Å². The third-order valence-electron chi connectivity index (χ3n) is 2.69. The normalized spacial score (nSPS) is 21.7. The monoisotopic (exact) mass is 249 g/mol. The minimum atomic E-state index is 0.185. The highest BCUT2D eigenvalue weighted by molar-refractivity contribution is 8.00. The van der Waals surface area contributed by atoms with Crippen molar-refractivity contribution in [1.29, 1.82) is 0 Å². The van der Waals surface area contributed by atoms with E-state index < -0.39 is 0 Å². The van der Waals surface area contributed by atoms with Crippen LogP contribution >= 0.6 is 23.4 Å². The second-order valence-electron chi connectivity index (χ2n) is 4.17. The summed E-state index contributed by atoms with van der Waals surface area (Å²) in [5.74, 6) is 1.94. The molecule has 1 fully saturated rings. The zero-order valence-corrected chi connectivity index (χ0v) is 11.1. The number of hydrogen-bond acceptors (Lipinski definition) is 2. The molecule has 88 valence electrons. The average molecular weight is 250 g/mol. The van der Waals surface area contributed by atoms with Gasteiger partial charge in [-0.1, -0.05) is 6.42 Å². The molecule has 0 aromatic rings. The van der Waals surface area contributed by atoms with E-state index in [1.807, 2.05) is 16.7 Å². The maximum Gasteiger partial charge on any atom is 0.235 e. The fraction of sp³-hybridized carbons (Fsp3) is 0.909. The Labute approximate surface area is 102 Å². The first-order valence-corrected chi connectivity index (χ1v) is 7.23. The maximum absolute atomic E-state index is 12.2. The molecule has 1 rings (SSSR count). The van der Waals surface area contributed by atoms with Crippen LogP contribution in [0.4, 0.5) is 0 Å². The van der Waals surface area contributed by atoms with Crippen molar-refractivity contribution in [2.24, 2.45) is 0 Å². The van der Waals surface area contributed by atoms with Crippen LogP contribution in [-0.4, -0.2) is 40.3 Å². The van der Waals surface area contributed by atoms with Crippen molar-refractivity contribution in [2.75, 3.05) is 18.2 Å². The number of hydrogen-bond donors (Lipinski definition) is 0. The van der Waals surface area contributed by atoms with E-state index in [2.05, 4.69) is 13.8 Å². The number of halogens is 1. The Balaban J connectivity index is 2.53. The topological polar surface area (TPSA) is 20.3 Å². The molecule has 4 heteroatoms. The first-order valence-electron chi connectivity index (χ1n) is 5.65. The molecule has 1 aliphatic heterocycles. The van der Waals surface area contributed by atoms with Crippen LogP contribution in [0.15, 0.2) is 0 Å². The Morgan fingerprint density at radius 1 is 1.53 bits per heavy atom. The summed E-state index contributed by atoms with van der Waals surface area (Å²) in [7, 11) is 0. The lowest BCUT2D eigenvalue weighted by Gasteiger charge is -2.31. The molecule has 0 spiro atoms. The fourth-order valence-electron chi connectivity index (χ4n) is 1.83. The Morgan fingerprint density at radius 3 is 2.73 bits per heavy atom. The number of carbonyl (C=O) groups excluding carboxylic acids is 1. The van der Waals surface area contributed by atoms with Crippen LogP contribution < -0.4 is 0 Å². The van der Waals surface area contributed by atoms with Gasteiger partial charge in [0.15, 0.2) is 0 Å². The lowest BCUT2D eigenvalue weighted by Crippen LogP contribution is -2.44. The van der Waals surface area contributed by atoms with Crippen molar-refractivity contribution in [3.63, 3.8) is 0 Å². The Kier molecular flexibility index (Phi) is 5.83. The summed E-state index contributed by atoms with van der Waals surface area (Å²) < 4.78 is 0. The molecule has 2 nitrogen and oxygen atoms in total. The summed E-state index contributed by atoms with van der Waals surface area (Å²) in [5.41, 5.74) is 0. The molecule has 1 aliphatic rings. The van der Waals surface area contributed by atoms with E-state index in [1.54, 1.807) is 0 Å². The predicted molar refractivity (Wildman–Crippen MR) is 67.7 cm³/mol. The number of rotatable bonds is 4. The minimum absolute atomic E-state index is 0.185. The largest absolute Gasteiger partial charge is 0.338 e. The van der Waals surface area contributed by atoms with Crippen molar-refractivity contribution >= 4 is 29.3 Å². The molecule has 0 aromatic carbocycles. The van der Waals surface area contributed by atoms with E-state index in [0.717, 1.165) is 12.2 Å². The van der Waals surface area contributed by atoms with E-state index in [0.29, 0.717) is 12.4 Å². The molecule has 15 heavy (non-hydrogen) atoms. The second-order valence-corrected chi connectivity index (χ2v) is 5.86. The van der Waals surface area contributed by atoms with Gasteiger partial charge in [0, 0.05) is 18.5 Å². The molecular formula is C11H20ClNOS. The van der Waals surface area contributed by atoms with Crippen molar-refractivity contribution in [1.82, 2.24) is 4.90 Å². The van der Waals surface area contributed by atoms with Crippen molar-refractivity contribution in [3.05, 3.63) is 0 Å². The van der Waals surface area contributed by atoms with Crippen LogP contribution in [0.25, 0.3) is 0 Å². The quantitative estimate of drug-likeness (QED) is 0.715. The van der Waals surface area contributed by atoms with Crippen molar-refractivity contribution in [3.8, 4) is 0 Å². The minimum Gasteiger partial charge on any atom is -0.338 e. The Bertz CT molecular complexity index is 205. The molecule has 1 saturated heterocycles. The highest BCUT2D eigenvalue weighted by atomic mass is 35.5. The molecule has 1 atom stereocenters. The van der Waals surface area contributed by atoms with Crippen LogP contribution in [-0.2, 0) is 4.79 Å². The fourth-order valence-corrected chi connectivity index (χ4v) is 3.28. The molecule has 0 bridgehead atoms. The molecule has 1 heterocycles. The molecule has 1 unspecified atom stereocenters. The third-order valence-corrected chi connectivity index (χ3v) is 4.22. The SMILES string of the molecule is CC(C)N(CCCl)C(=O)C1CCCCS1. The van der Waals surface area contributed by atoms with E-state index >= 15 is 0 Å². The number of amides is 1. The molecule has 0 saturated carbocycles. The first-order chi connectivity index (χ1) is 7.16. The van der Waals surface area contributed by atoms with Crippen LogP contribution in [0.1, 0.15) is 33.1 Å². The Hall–Kier alpha value is 0.110. The highest BCUT2D eigenvalue weighted by Crippen LogP contribution is 2.27. The number of nitrogens with zero attached hydrogens (tertiary/aromatic N) is 1. The van der Waals surface area contributed by atoms with Gasteiger partial charge in [-0.15, -0.1) is 23.4 Å². The zero-order valence-electron chi connectivity index (χ0n) is 9.54. The molecule has 0 N–H and O–H groups in total. The molecule has 0 aromatic heterocycles. The van der Waals surface area contributed by atoms with Crippen LogP contribution in [0, 0.1) is 0 Å². The summed E-state index contributed by atoms with van der Waals surface area (Å²) in [6.45, 7) is 4.78. The van der Waals surface area contributed by atoms with Gasteiger partial charge in [0.25, 0.3) is 0 Å². The zero-order chi connectivity index (χ0) is 11.3. The molecule has 0 radical (unpaired) electrons.